The molecule has 0 radical (unpaired) electrons. The van der Waals surface area contributed by atoms with Crippen molar-refractivity contribution in [2.75, 3.05) is 5.32 Å². The van der Waals surface area contributed by atoms with Crippen molar-refractivity contribution in [3.8, 4) is 0 Å². The maximum Gasteiger partial charge on any atom is 0.326 e. The number of pyridine rings is 1. The molecule has 1 aromatic heterocycles. The molecule has 3 N–H and O–H groups in total. The molecular weight excluding hydrogens is 533 g/mol. The summed E-state index contributed by atoms with van der Waals surface area (Å²) in [4.78, 5) is 42.7. The number of halogens is 2. The number of amides is 1. The Bertz CT molecular complexity index is 1370. The van der Waals surface area contributed by atoms with Gasteiger partial charge in [-0.25, -0.2) is 4.79 Å². The summed E-state index contributed by atoms with van der Waals surface area (Å²) in [5, 5.41) is 16.0. The van der Waals surface area contributed by atoms with Gasteiger partial charge in [-0.3, -0.25) is 14.6 Å². The van der Waals surface area contributed by atoms with E-state index in [4.69, 9.17) is 23.2 Å². The molecule has 1 amide bonds. The molecule has 0 saturated carbocycles. The van der Waals surface area contributed by atoms with Crippen molar-refractivity contribution in [3.05, 3.63) is 98.8 Å². The van der Waals surface area contributed by atoms with E-state index in [1.54, 1.807) is 38.1 Å². The van der Waals surface area contributed by atoms with E-state index in [9.17, 15) is 19.5 Å². The number of hydrogen-bond acceptors (Lipinski definition) is 6. The molecule has 4 rings (SSSR count). The minimum absolute atomic E-state index is 0.0255. The molecular formula is C27H23Cl2N3O4S. The van der Waals surface area contributed by atoms with Crippen LogP contribution >= 0.6 is 35.0 Å². The molecule has 1 aliphatic carbocycles. The van der Waals surface area contributed by atoms with Crippen LogP contribution in [0.5, 0.6) is 0 Å². The van der Waals surface area contributed by atoms with E-state index in [0.29, 0.717) is 16.3 Å². The summed E-state index contributed by atoms with van der Waals surface area (Å²) in [5.74, 6) is -1.55. The second kappa shape index (κ2) is 11.0. The van der Waals surface area contributed by atoms with Crippen LogP contribution in [0, 0.1) is 5.41 Å². The summed E-state index contributed by atoms with van der Waals surface area (Å²) < 4.78 is 0. The Kier molecular flexibility index (Phi) is 7.92. The molecule has 0 spiro atoms. The molecule has 1 unspecified atom stereocenters. The van der Waals surface area contributed by atoms with Crippen LogP contribution in [-0.2, 0) is 16.0 Å². The third-order valence-electron chi connectivity index (χ3n) is 5.94. The molecule has 10 heteroatoms. The predicted molar refractivity (Wildman–Crippen MR) is 145 cm³/mol. The summed E-state index contributed by atoms with van der Waals surface area (Å²) in [6, 6.07) is 15.3. The summed E-state index contributed by atoms with van der Waals surface area (Å²) in [6.07, 6.45) is 2.84. The van der Waals surface area contributed by atoms with Crippen LogP contribution in [0.1, 0.15) is 29.8 Å². The van der Waals surface area contributed by atoms with Crippen molar-refractivity contribution in [2.45, 2.75) is 31.2 Å². The minimum atomic E-state index is -1.04. The lowest BCUT2D eigenvalue weighted by Gasteiger charge is -2.40. The number of thioether (sulfide) groups is 1. The first-order valence-corrected chi connectivity index (χ1v) is 12.9. The number of carbonyl (C=O) groups is 3. The fourth-order valence-corrected chi connectivity index (χ4v) is 5.67. The Hall–Kier alpha value is -3.33. The van der Waals surface area contributed by atoms with Crippen molar-refractivity contribution < 1.29 is 19.5 Å². The molecule has 0 saturated heterocycles. The summed E-state index contributed by atoms with van der Waals surface area (Å²) in [5.41, 5.74) is 1.17. The quantitative estimate of drug-likeness (QED) is 0.304. The maximum atomic E-state index is 12.8. The first-order chi connectivity index (χ1) is 17.6. The first kappa shape index (κ1) is 26.7. The van der Waals surface area contributed by atoms with Gasteiger partial charge in [-0.15, -0.1) is 0 Å². The van der Waals surface area contributed by atoms with Crippen molar-refractivity contribution >= 4 is 58.3 Å². The highest BCUT2D eigenvalue weighted by molar-refractivity contribution is 8.04. The molecule has 2 aromatic carbocycles. The normalized spacial score (nSPS) is 15.1. The lowest BCUT2D eigenvalue weighted by molar-refractivity contribution is -0.139. The third-order valence-corrected chi connectivity index (χ3v) is 7.61. The summed E-state index contributed by atoms with van der Waals surface area (Å²) >= 11 is 13.4. The van der Waals surface area contributed by atoms with Crippen LogP contribution in [0.3, 0.4) is 0 Å². The van der Waals surface area contributed by atoms with E-state index in [1.807, 2.05) is 30.3 Å². The van der Waals surface area contributed by atoms with Gasteiger partial charge in [0.2, 0.25) is 0 Å². The molecule has 37 heavy (non-hydrogen) atoms. The number of rotatable bonds is 9. The maximum absolute atomic E-state index is 12.8. The Morgan fingerprint density at radius 1 is 1.03 bits per heavy atom. The number of nitrogens with one attached hydrogen (secondary N) is 2. The molecule has 7 nitrogen and oxygen atoms in total. The monoisotopic (exact) mass is 555 g/mol. The van der Waals surface area contributed by atoms with Gasteiger partial charge in [-0.2, -0.15) is 0 Å². The van der Waals surface area contributed by atoms with E-state index in [-0.39, 0.29) is 27.8 Å². The average Bonchev–Trinajstić information content (AvgIpc) is 2.86. The Balaban J connectivity index is 1.48. The highest BCUT2D eigenvalue weighted by Crippen LogP contribution is 2.48. The summed E-state index contributed by atoms with van der Waals surface area (Å²) in [7, 11) is 0. The van der Waals surface area contributed by atoms with Gasteiger partial charge in [0.15, 0.2) is 5.78 Å². The average molecular weight is 556 g/mol. The molecule has 3 aromatic rings. The number of allylic oxidation sites excluding steroid dienone is 2. The number of Topliss-reactive ketones (excluding diaryl/α,β-unsaturated/α-hetero) is 1. The number of carboxylic acids is 1. The number of hydrogen-bond donors (Lipinski definition) is 3. The number of benzene rings is 2. The second-order valence-electron chi connectivity index (χ2n) is 8.94. The van der Waals surface area contributed by atoms with Crippen molar-refractivity contribution in [3.63, 3.8) is 0 Å². The number of aliphatic carboxylic acids is 1. The van der Waals surface area contributed by atoms with Gasteiger partial charge in [-0.1, -0.05) is 65.3 Å². The van der Waals surface area contributed by atoms with Crippen LogP contribution in [0.15, 0.2) is 82.5 Å². The number of ketones is 1. The number of aromatic nitrogens is 1. The highest BCUT2D eigenvalue weighted by atomic mass is 35.5. The fraction of sp³-hybridized carbons (Fsp3) is 0.185. The number of anilines is 1. The van der Waals surface area contributed by atoms with Gasteiger partial charge >= 0.3 is 5.97 Å². The number of nitrogens with zero attached hydrogens (tertiary/aromatic N) is 1. The second-order valence-corrected chi connectivity index (χ2v) is 10.8. The van der Waals surface area contributed by atoms with Gasteiger partial charge in [0.05, 0.1) is 25.9 Å². The van der Waals surface area contributed by atoms with Gasteiger partial charge < -0.3 is 15.7 Å². The van der Waals surface area contributed by atoms with E-state index in [0.717, 1.165) is 10.5 Å². The molecule has 1 aliphatic rings. The molecule has 0 bridgehead atoms. The largest absolute Gasteiger partial charge is 0.480 e. The lowest BCUT2D eigenvalue weighted by atomic mass is 9.74. The predicted octanol–water partition coefficient (Wildman–Crippen LogP) is 5.84. The topological polar surface area (TPSA) is 108 Å². The van der Waals surface area contributed by atoms with Crippen molar-refractivity contribution in [2.24, 2.45) is 5.41 Å². The first-order valence-electron chi connectivity index (χ1n) is 11.3. The molecule has 0 aliphatic heterocycles. The SMILES string of the molecule is CC1(C)C(=O)C(Sc2ccccc2)=C1NC(Cc1ccc(NC(=O)c2c(Cl)cncc2Cl)cc1)C(=O)O. The van der Waals surface area contributed by atoms with Crippen molar-refractivity contribution in [1.82, 2.24) is 10.3 Å². The Morgan fingerprint density at radius 3 is 2.24 bits per heavy atom. The Morgan fingerprint density at radius 2 is 1.65 bits per heavy atom. The Labute approximate surface area is 228 Å². The van der Waals surface area contributed by atoms with Crippen LogP contribution in [0.25, 0.3) is 0 Å². The van der Waals surface area contributed by atoms with E-state index >= 15 is 0 Å². The highest BCUT2D eigenvalue weighted by Gasteiger charge is 2.48. The van der Waals surface area contributed by atoms with Crippen LogP contribution in [-0.4, -0.2) is 33.8 Å². The standard InChI is InChI=1S/C27H23Cl2N3O4S/c1-27(2)23(22(24(27)33)37-17-6-4-3-5-7-17)32-20(26(35)36)12-15-8-10-16(11-9-15)31-25(34)21-18(28)13-30-14-19(21)29/h3-11,13-14,20,32H,12H2,1-2H3,(H,31,34)(H,35,36). The smallest absolute Gasteiger partial charge is 0.326 e. The lowest BCUT2D eigenvalue weighted by Crippen LogP contribution is -2.50. The number of carbonyl (C=O) groups excluding carboxylic acids is 2. The summed E-state index contributed by atoms with van der Waals surface area (Å²) in [6.45, 7) is 3.56. The van der Waals surface area contributed by atoms with E-state index in [2.05, 4.69) is 15.6 Å². The molecule has 1 heterocycles. The minimum Gasteiger partial charge on any atom is -0.480 e. The van der Waals surface area contributed by atoms with Crippen LogP contribution in [0.2, 0.25) is 10.0 Å². The van der Waals surface area contributed by atoms with Gasteiger partial charge in [0.25, 0.3) is 5.91 Å². The zero-order chi connectivity index (χ0) is 26.7. The molecule has 1 atom stereocenters. The van der Waals surface area contributed by atoms with Gasteiger partial charge in [0.1, 0.15) is 6.04 Å². The fourth-order valence-electron chi connectivity index (χ4n) is 3.84. The zero-order valence-electron chi connectivity index (χ0n) is 19.9. The molecule has 190 valence electrons. The van der Waals surface area contributed by atoms with Gasteiger partial charge in [0, 0.05) is 35.1 Å². The van der Waals surface area contributed by atoms with Crippen LogP contribution in [0.4, 0.5) is 5.69 Å². The van der Waals surface area contributed by atoms with E-state index in [1.165, 1.54) is 24.2 Å². The molecule has 0 fully saturated rings. The van der Waals surface area contributed by atoms with Gasteiger partial charge in [-0.05, 0) is 43.7 Å². The van der Waals surface area contributed by atoms with Crippen molar-refractivity contribution in [1.29, 1.82) is 0 Å². The number of carboxylic acid groups (broad SMARTS) is 1. The third kappa shape index (κ3) is 5.82. The van der Waals surface area contributed by atoms with Crippen LogP contribution < -0.4 is 10.6 Å². The van der Waals surface area contributed by atoms with E-state index < -0.39 is 23.3 Å². The zero-order valence-corrected chi connectivity index (χ0v) is 22.2.